The van der Waals surface area contributed by atoms with Gasteiger partial charge in [-0.25, -0.2) is 9.07 Å². The van der Waals surface area contributed by atoms with E-state index in [-0.39, 0.29) is 24.4 Å². The Kier molecular flexibility index (Phi) is 8.15. The number of aryl methyl sites for hydroxylation is 2. The quantitative estimate of drug-likeness (QED) is 0.415. The van der Waals surface area contributed by atoms with Gasteiger partial charge in [-0.15, -0.1) is 0 Å². The molecule has 0 aliphatic carbocycles. The lowest BCUT2D eigenvalue weighted by molar-refractivity contribution is -0.137. The van der Waals surface area contributed by atoms with Crippen molar-refractivity contribution in [1.82, 2.24) is 14.7 Å². The standard InChI is InChI=1S/C27H32FN3O4/c1-4-25-24(17-30(26(32)18-33-3)16-23-9-6-14-34-23)27(35-22-8-5-7-19(2)15-22)31(29-25)21-12-10-20(28)11-13-21/h5,7-8,10-13,15,23H,4,6,9,14,16-18H2,1-3H3/t23-/m0/s1. The van der Waals surface area contributed by atoms with Gasteiger partial charge in [-0.05, 0) is 68.1 Å². The zero-order chi connectivity index (χ0) is 24.8. The van der Waals surface area contributed by atoms with Crippen LogP contribution in [0.3, 0.4) is 0 Å². The maximum Gasteiger partial charge on any atom is 0.248 e. The van der Waals surface area contributed by atoms with Gasteiger partial charge in [0.15, 0.2) is 0 Å². The molecule has 0 spiro atoms. The summed E-state index contributed by atoms with van der Waals surface area (Å²) in [5, 5.41) is 4.81. The number of hydrogen-bond acceptors (Lipinski definition) is 5. The summed E-state index contributed by atoms with van der Waals surface area (Å²) in [7, 11) is 1.51. The first kappa shape index (κ1) is 24.9. The Balaban J connectivity index is 1.76. The number of hydrogen-bond donors (Lipinski definition) is 0. The van der Waals surface area contributed by atoms with Crippen LogP contribution in [0.1, 0.15) is 36.6 Å². The van der Waals surface area contributed by atoms with Gasteiger partial charge in [0.2, 0.25) is 11.8 Å². The minimum atomic E-state index is -0.328. The van der Waals surface area contributed by atoms with Crippen LogP contribution < -0.4 is 4.74 Å². The first-order valence-electron chi connectivity index (χ1n) is 12.0. The van der Waals surface area contributed by atoms with E-state index in [2.05, 4.69) is 0 Å². The van der Waals surface area contributed by atoms with Crippen molar-refractivity contribution in [3.05, 3.63) is 71.2 Å². The molecule has 4 rings (SSSR count). The lowest BCUT2D eigenvalue weighted by Gasteiger charge is -2.26. The van der Waals surface area contributed by atoms with Gasteiger partial charge in [-0.2, -0.15) is 5.10 Å². The van der Waals surface area contributed by atoms with E-state index in [9.17, 15) is 9.18 Å². The van der Waals surface area contributed by atoms with Crippen LogP contribution in [-0.2, 0) is 27.2 Å². The first-order chi connectivity index (χ1) is 17.0. The van der Waals surface area contributed by atoms with Gasteiger partial charge in [0, 0.05) is 20.3 Å². The Hall–Kier alpha value is -3.23. The minimum absolute atomic E-state index is 0.00540. The number of rotatable bonds is 10. The van der Waals surface area contributed by atoms with Crippen LogP contribution in [0.25, 0.3) is 5.69 Å². The van der Waals surface area contributed by atoms with E-state index in [1.165, 1.54) is 19.2 Å². The zero-order valence-electron chi connectivity index (χ0n) is 20.5. The molecule has 0 saturated carbocycles. The fourth-order valence-electron chi connectivity index (χ4n) is 4.27. The number of ether oxygens (including phenoxy) is 3. The van der Waals surface area contributed by atoms with Crippen molar-refractivity contribution in [2.75, 3.05) is 26.9 Å². The number of aromatic nitrogens is 2. The fourth-order valence-corrected chi connectivity index (χ4v) is 4.27. The average Bonchev–Trinajstić information content (AvgIpc) is 3.48. The maximum absolute atomic E-state index is 13.6. The third kappa shape index (κ3) is 6.07. The summed E-state index contributed by atoms with van der Waals surface area (Å²) >= 11 is 0. The van der Waals surface area contributed by atoms with E-state index < -0.39 is 0 Å². The van der Waals surface area contributed by atoms with E-state index in [0.29, 0.717) is 43.4 Å². The number of nitrogens with zero attached hydrogens (tertiary/aromatic N) is 3. The van der Waals surface area contributed by atoms with Gasteiger partial charge in [0.1, 0.15) is 18.2 Å². The van der Waals surface area contributed by atoms with Crippen molar-refractivity contribution in [2.24, 2.45) is 0 Å². The van der Waals surface area contributed by atoms with E-state index in [0.717, 1.165) is 29.7 Å². The van der Waals surface area contributed by atoms with Crippen LogP contribution in [0.2, 0.25) is 0 Å². The molecule has 2 heterocycles. The lowest BCUT2D eigenvalue weighted by atomic mass is 10.1. The highest BCUT2D eigenvalue weighted by Crippen LogP contribution is 2.33. The Morgan fingerprint density at radius 2 is 2.06 bits per heavy atom. The molecule has 1 aliphatic rings. The van der Waals surface area contributed by atoms with Gasteiger partial charge in [0.05, 0.1) is 29.6 Å². The molecule has 1 aliphatic heterocycles. The molecule has 1 saturated heterocycles. The second-order valence-electron chi connectivity index (χ2n) is 8.73. The number of halogens is 1. The summed E-state index contributed by atoms with van der Waals surface area (Å²) in [6.07, 6.45) is 2.54. The van der Waals surface area contributed by atoms with Crippen LogP contribution in [0.5, 0.6) is 11.6 Å². The Morgan fingerprint density at radius 3 is 2.71 bits per heavy atom. The molecular weight excluding hydrogens is 449 g/mol. The second-order valence-corrected chi connectivity index (χ2v) is 8.73. The van der Waals surface area contributed by atoms with Crippen LogP contribution in [0.15, 0.2) is 48.5 Å². The normalized spacial score (nSPS) is 15.4. The van der Waals surface area contributed by atoms with Crippen LogP contribution in [0.4, 0.5) is 4.39 Å². The van der Waals surface area contributed by atoms with Crippen LogP contribution in [0, 0.1) is 12.7 Å². The van der Waals surface area contributed by atoms with Crippen molar-refractivity contribution in [3.8, 4) is 17.3 Å². The van der Waals surface area contributed by atoms with Crippen molar-refractivity contribution in [2.45, 2.75) is 45.8 Å². The Morgan fingerprint density at radius 1 is 1.26 bits per heavy atom. The van der Waals surface area contributed by atoms with E-state index in [4.69, 9.17) is 19.3 Å². The molecule has 1 amide bonds. The Labute approximate surface area is 205 Å². The number of benzene rings is 2. The van der Waals surface area contributed by atoms with Gasteiger partial charge < -0.3 is 19.1 Å². The molecule has 186 valence electrons. The first-order valence-corrected chi connectivity index (χ1v) is 12.0. The molecule has 35 heavy (non-hydrogen) atoms. The fraction of sp³-hybridized carbons (Fsp3) is 0.407. The summed E-state index contributed by atoms with van der Waals surface area (Å²) in [5.41, 5.74) is 3.34. The monoisotopic (exact) mass is 481 g/mol. The highest BCUT2D eigenvalue weighted by molar-refractivity contribution is 5.77. The lowest BCUT2D eigenvalue weighted by Crippen LogP contribution is -2.39. The van der Waals surface area contributed by atoms with Crippen molar-refractivity contribution >= 4 is 5.91 Å². The summed E-state index contributed by atoms with van der Waals surface area (Å²) in [6, 6.07) is 13.9. The minimum Gasteiger partial charge on any atom is -0.439 e. The molecular formula is C27H32FN3O4. The molecule has 0 N–H and O–H groups in total. The molecule has 1 aromatic heterocycles. The van der Waals surface area contributed by atoms with Gasteiger partial charge >= 0.3 is 0 Å². The van der Waals surface area contributed by atoms with Crippen LogP contribution in [-0.4, -0.2) is 53.6 Å². The highest BCUT2D eigenvalue weighted by atomic mass is 19.1. The molecule has 0 unspecified atom stereocenters. The molecule has 3 aromatic rings. The maximum atomic E-state index is 13.6. The molecule has 0 radical (unpaired) electrons. The second kappa shape index (κ2) is 11.5. The van der Waals surface area contributed by atoms with Crippen molar-refractivity contribution < 1.29 is 23.4 Å². The van der Waals surface area contributed by atoms with Gasteiger partial charge in [-0.1, -0.05) is 19.1 Å². The van der Waals surface area contributed by atoms with E-state index >= 15 is 0 Å². The summed E-state index contributed by atoms with van der Waals surface area (Å²) in [5.74, 6) is 0.708. The van der Waals surface area contributed by atoms with Crippen molar-refractivity contribution in [3.63, 3.8) is 0 Å². The van der Waals surface area contributed by atoms with E-state index in [1.807, 2.05) is 38.1 Å². The highest BCUT2D eigenvalue weighted by Gasteiger charge is 2.27. The summed E-state index contributed by atoms with van der Waals surface area (Å²) < 4.78 is 32.7. The molecule has 1 fully saturated rings. The van der Waals surface area contributed by atoms with Crippen LogP contribution >= 0.6 is 0 Å². The summed E-state index contributed by atoms with van der Waals surface area (Å²) in [6.45, 7) is 5.47. The predicted octanol–water partition coefficient (Wildman–Crippen LogP) is 4.83. The third-order valence-corrected chi connectivity index (χ3v) is 6.05. The SMILES string of the molecule is CCc1nn(-c2ccc(F)cc2)c(Oc2cccc(C)c2)c1CN(C[C@@H]1CCCO1)C(=O)COC. The Bertz CT molecular complexity index is 1140. The average molecular weight is 482 g/mol. The van der Waals surface area contributed by atoms with Gasteiger partial charge in [-0.3, -0.25) is 4.79 Å². The summed E-state index contributed by atoms with van der Waals surface area (Å²) in [4.78, 5) is 14.8. The number of amides is 1. The number of methoxy groups -OCH3 is 1. The van der Waals surface area contributed by atoms with Crippen molar-refractivity contribution in [1.29, 1.82) is 0 Å². The largest absolute Gasteiger partial charge is 0.439 e. The van der Waals surface area contributed by atoms with E-state index in [1.54, 1.807) is 21.7 Å². The number of carbonyl (C=O) groups excluding carboxylic acids is 1. The molecule has 1 atom stereocenters. The molecule has 7 nitrogen and oxygen atoms in total. The number of carbonyl (C=O) groups is 1. The zero-order valence-corrected chi connectivity index (χ0v) is 20.5. The smallest absolute Gasteiger partial charge is 0.248 e. The molecule has 2 aromatic carbocycles. The third-order valence-electron chi connectivity index (χ3n) is 6.05. The van der Waals surface area contributed by atoms with Gasteiger partial charge in [0.25, 0.3) is 0 Å². The molecule has 8 heteroatoms. The topological polar surface area (TPSA) is 65.8 Å². The predicted molar refractivity (Wildman–Crippen MR) is 130 cm³/mol. The molecule has 0 bridgehead atoms.